The van der Waals surface area contributed by atoms with E-state index < -0.39 is 0 Å². The lowest BCUT2D eigenvalue weighted by Gasteiger charge is -2.28. The maximum absolute atomic E-state index is 9.33. The van der Waals surface area contributed by atoms with Crippen molar-refractivity contribution in [2.45, 2.75) is 19.1 Å². The molecule has 3 heteroatoms. The van der Waals surface area contributed by atoms with Crippen molar-refractivity contribution in [1.29, 1.82) is 0 Å². The average molecular weight is 193 g/mol. The molecule has 2 atom stereocenters. The molecule has 0 aromatic heterocycles. The van der Waals surface area contributed by atoms with Gasteiger partial charge in [-0.3, -0.25) is 0 Å². The molecule has 1 fully saturated rings. The molecular weight excluding hydrogens is 178 g/mol. The summed E-state index contributed by atoms with van der Waals surface area (Å²) in [6.45, 7) is 3.58. The molecule has 76 valence electrons. The van der Waals surface area contributed by atoms with Crippen LogP contribution >= 0.6 is 0 Å². The van der Waals surface area contributed by atoms with E-state index in [-0.39, 0.29) is 12.1 Å². The van der Waals surface area contributed by atoms with Crippen molar-refractivity contribution in [3.63, 3.8) is 0 Å². The summed E-state index contributed by atoms with van der Waals surface area (Å²) in [6.07, 6.45) is 0.281. The van der Waals surface area contributed by atoms with Crippen LogP contribution in [-0.4, -0.2) is 24.4 Å². The van der Waals surface area contributed by atoms with Gasteiger partial charge in [-0.1, -0.05) is 12.1 Å². The topological polar surface area (TPSA) is 41.5 Å². The van der Waals surface area contributed by atoms with Gasteiger partial charge in [0.25, 0.3) is 0 Å². The summed E-state index contributed by atoms with van der Waals surface area (Å²) < 4.78 is 5.54. The van der Waals surface area contributed by atoms with Crippen LogP contribution in [-0.2, 0) is 4.74 Å². The molecule has 2 rings (SSSR count). The highest BCUT2D eigenvalue weighted by Gasteiger charge is 2.19. The fraction of sp³-hybridized carbons (Fsp3) is 0.455. The van der Waals surface area contributed by atoms with E-state index in [4.69, 9.17) is 4.74 Å². The van der Waals surface area contributed by atoms with Gasteiger partial charge in [-0.25, -0.2) is 0 Å². The van der Waals surface area contributed by atoms with Crippen LogP contribution in [0.3, 0.4) is 0 Å². The van der Waals surface area contributed by atoms with Crippen molar-refractivity contribution < 1.29 is 9.84 Å². The quantitative estimate of drug-likeness (QED) is 0.709. The van der Waals surface area contributed by atoms with Crippen LogP contribution in [0.4, 0.5) is 0 Å². The fourth-order valence-electron chi connectivity index (χ4n) is 1.64. The lowest BCUT2D eigenvalue weighted by atomic mass is 10.1. The van der Waals surface area contributed by atoms with Crippen molar-refractivity contribution in [2.24, 2.45) is 0 Å². The molecule has 0 spiro atoms. The molecule has 1 heterocycles. The Bertz CT molecular complexity index is 306. The molecule has 0 amide bonds. The second kappa shape index (κ2) is 3.98. The van der Waals surface area contributed by atoms with Crippen molar-refractivity contribution in [3.8, 4) is 5.75 Å². The number of ether oxygens (including phenoxy) is 1. The van der Waals surface area contributed by atoms with Crippen LogP contribution in [0.5, 0.6) is 5.75 Å². The highest BCUT2D eigenvalue weighted by Crippen LogP contribution is 2.20. The Hall–Kier alpha value is -1.06. The maximum Gasteiger partial charge on any atom is 0.115 e. The highest BCUT2D eigenvalue weighted by molar-refractivity contribution is 5.29. The van der Waals surface area contributed by atoms with E-state index in [2.05, 4.69) is 5.32 Å². The molecule has 0 bridgehead atoms. The van der Waals surface area contributed by atoms with Gasteiger partial charge in [0, 0.05) is 6.54 Å². The Labute approximate surface area is 83.7 Å². The first-order valence-electron chi connectivity index (χ1n) is 4.89. The number of hydrogen-bond acceptors (Lipinski definition) is 3. The molecule has 1 aliphatic heterocycles. The number of rotatable bonds is 1. The van der Waals surface area contributed by atoms with Crippen LogP contribution in [0.1, 0.15) is 18.5 Å². The van der Waals surface area contributed by atoms with Crippen LogP contribution in [0.2, 0.25) is 0 Å². The van der Waals surface area contributed by atoms with Gasteiger partial charge in [-0.05, 0) is 24.6 Å². The third kappa shape index (κ3) is 2.05. The largest absolute Gasteiger partial charge is 0.508 e. The van der Waals surface area contributed by atoms with Crippen LogP contribution in [0.25, 0.3) is 0 Å². The Morgan fingerprint density at radius 3 is 3.00 bits per heavy atom. The summed E-state index contributed by atoms with van der Waals surface area (Å²) >= 11 is 0. The minimum Gasteiger partial charge on any atom is -0.508 e. The molecule has 14 heavy (non-hydrogen) atoms. The number of hydrogen-bond donors (Lipinski definition) is 2. The first kappa shape index (κ1) is 9.49. The molecule has 1 aromatic rings. The summed E-state index contributed by atoms with van der Waals surface area (Å²) in [7, 11) is 0. The van der Waals surface area contributed by atoms with Gasteiger partial charge in [0.05, 0.1) is 18.8 Å². The van der Waals surface area contributed by atoms with Crippen molar-refractivity contribution in [2.75, 3.05) is 13.2 Å². The Morgan fingerprint density at radius 1 is 1.50 bits per heavy atom. The zero-order chi connectivity index (χ0) is 9.97. The summed E-state index contributed by atoms with van der Waals surface area (Å²) in [5.41, 5.74) is 1.08. The van der Waals surface area contributed by atoms with Gasteiger partial charge in [-0.15, -0.1) is 0 Å². The number of nitrogens with one attached hydrogen (secondary N) is 1. The molecule has 1 saturated heterocycles. The van der Waals surface area contributed by atoms with Crippen molar-refractivity contribution in [1.82, 2.24) is 5.32 Å². The van der Waals surface area contributed by atoms with Crippen molar-refractivity contribution >= 4 is 0 Å². The van der Waals surface area contributed by atoms with E-state index in [1.165, 1.54) is 0 Å². The van der Waals surface area contributed by atoms with Gasteiger partial charge in [0.15, 0.2) is 0 Å². The van der Waals surface area contributed by atoms with Crippen LogP contribution < -0.4 is 5.32 Å². The Balaban J connectivity index is 2.08. The average Bonchev–Trinajstić information content (AvgIpc) is 2.19. The number of benzene rings is 1. The summed E-state index contributed by atoms with van der Waals surface area (Å²) in [4.78, 5) is 0. The Kier molecular flexibility index (Phi) is 2.70. The summed E-state index contributed by atoms with van der Waals surface area (Å²) in [5.74, 6) is 0.308. The molecular formula is C11H15NO2. The Morgan fingerprint density at radius 2 is 2.36 bits per heavy atom. The van der Waals surface area contributed by atoms with Crippen molar-refractivity contribution in [3.05, 3.63) is 29.8 Å². The van der Waals surface area contributed by atoms with E-state index in [1.807, 2.05) is 19.1 Å². The lowest BCUT2D eigenvalue weighted by molar-refractivity contribution is 0.0149. The van der Waals surface area contributed by atoms with Crippen LogP contribution in [0.15, 0.2) is 24.3 Å². The molecule has 3 nitrogen and oxygen atoms in total. The van der Waals surface area contributed by atoms with E-state index in [0.717, 1.165) is 12.1 Å². The monoisotopic (exact) mass is 193 g/mol. The van der Waals surface area contributed by atoms with E-state index in [9.17, 15) is 5.11 Å². The van der Waals surface area contributed by atoms with Gasteiger partial charge in [0.2, 0.25) is 0 Å². The smallest absolute Gasteiger partial charge is 0.115 e. The zero-order valence-electron chi connectivity index (χ0n) is 8.23. The SMILES string of the molecule is CC1CNC(c2cccc(O)c2)CO1. The maximum atomic E-state index is 9.33. The highest BCUT2D eigenvalue weighted by atomic mass is 16.5. The second-order valence-electron chi connectivity index (χ2n) is 3.70. The van der Waals surface area contributed by atoms with Gasteiger partial charge in [-0.2, -0.15) is 0 Å². The van der Waals surface area contributed by atoms with Crippen LogP contribution in [0, 0.1) is 0 Å². The first-order valence-corrected chi connectivity index (χ1v) is 4.89. The fourth-order valence-corrected chi connectivity index (χ4v) is 1.64. The minimum absolute atomic E-state index is 0.207. The molecule has 1 aliphatic rings. The molecule has 0 aliphatic carbocycles. The standard InChI is InChI=1S/C11H15NO2/c1-8-6-12-11(7-14-8)9-3-2-4-10(13)5-9/h2-5,8,11-13H,6-7H2,1H3. The number of phenols is 1. The summed E-state index contributed by atoms with van der Waals surface area (Å²) in [5, 5.41) is 12.7. The number of aromatic hydroxyl groups is 1. The normalized spacial score (nSPS) is 27.5. The minimum atomic E-state index is 0.207. The number of phenolic OH excluding ortho intramolecular Hbond substituents is 1. The van der Waals surface area contributed by atoms with Gasteiger partial charge >= 0.3 is 0 Å². The van der Waals surface area contributed by atoms with Gasteiger partial charge < -0.3 is 15.2 Å². The van der Waals surface area contributed by atoms with E-state index >= 15 is 0 Å². The van der Waals surface area contributed by atoms with E-state index in [1.54, 1.807) is 12.1 Å². The summed E-state index contributed by atoms with van der Waals surface area (Å²) in [6, 6.07) is 7.51. The second-order valence-corrected chi connectivity index (χ2v) is 3.70. The third-order valence-electron chi connectivity index (χ3n) is 2.47. The third-order valence-corrected chi connectivity index (χ3v) is 2.47. The lowest BCUT2D eigenvalue weighted by Crippen LogP contribution is -2.39. The van der Waals surface area contributed by atoms with E-state index in [0.29, 0.717) is 12.4 Å². The molecule has 2 N–H and O–H groups in total. The molecule has 0 radical (unpaired) electrons. The molecule has 0 saturated carbocycles. The first-order chi connectivity index (χ1) is 6.75. The number of morpholine rings is 1. The zero-order valence-corrected chi connectivity index (χ0v) is 8.23. The molecule has 2 unspecified atom stereocenters. The molecule has 1 aromatic carbocycles. The van der Waals surface area contributed by atoms with Gasteiger partial charge in [0.1, 0.15) is 5.75 Å². The predicted molar refractivity (Wildman–Crippen MR) is 54.3 cm³/mol. The predicted octanol–water partition coefficient (Wildman–Crippen LogP) is 1.44.